The summed E-state index contributed by atoms with van der Waals surface area (Å²) in [6, 6.07) is 13.3. The number of aliphatic carboxylic acids is 1. The maximum atomic E-state index is 12.3. The summed E-state index contributed by atoms with van der Waals surface area (Å²) in [5.41, 5.74) is 3.79. The third-order valence-electron chi connectivity index (χ3n) is 4.80. The first-order chi connectivity index (χ1) is 13.9. The average Bonchev–Trinajstić information content (AvgIpc) is 2.72. The van der Waals surface area contributed by atoms with Crippen LogP contribution in [0.15, 0.2) is 48.5 Å². The van der Waals surface area contributed by atoms with Crippen molar-refractivity contribution in [2.45, 2.75) is 25.7 Å². The highest BCUT2D eigenvalue weighted by Gasteiger charge is 2.17. The molecule has 2 aromatic carbocycles. The molecule has 3 rings (SSSR count). The largest absolute Gasteiger partial charge is 0.481 e. The van der Waals surface area contributed by atoms with Gasteiger partial charge in [0, 0.05) is 12.1 Å². The molecule has 2 aromatic rings. The molecular formula is C22H25NO5S. The number of aryl methyl sites for hydroxylation is 1. The maximum absolute atomic E-state index is 12.3. The Morgan fingerprint density at radius 1 is 1.10 bits per heavy atom. The minimum atomic E-state index is -3.40. The summed E-state index contributed by atoms with van der Waals surface area (Å²) in [6.45, 7) is -0.189. The minimum Gasteiger partial charge on any atom is -0.481 e. The van der Waals surface area contributed by atoms with Crippen LogP contribution in [0.3, 0.4) is 0 Å². The van der Waals surface area contributed by atoms with Crippen molar-refractivity contribution in [3.63, 3.8) is 0 Å². The van der Waals surface area contributed by atoms with E-state index in [1.165, 1.54) is 0 Å². The molecule has 0 aromatic heterocycles. The molecule has 0 radical (unpaired) electrons. The number of benzene rings is 2. The van der Waals surface area contributed by atoms with E-state index in [2.05, 4.69) is 10.8 Å². The zero-order valence-corrected chi connectivity index (χ0v) is 17.0. The van der Waals surface area contributed by atoms with Crippen LogP contribution in [-0.2, 0) is 34.1 Å². The fourth-order valence-corrected chi connectivity index (χ4v) is 4.43. The van der Waals surface area contributed by atoms with E-state index >= 15 is 0 Å². The topological polar surface area (TPSA) is 92.7 Å². The number of rotatable bonds is 10. The van der Waals surface area contributed by atoms with Crippen molar-refractivity contribution in [1.82, 2.24) is 4.72 Å². The lowest BCUT2D eigenvalue weighted by Gasteiger charge is -2.19. The molecule has 0 saturated carbocycles. The van der Waals surface area contributed by atoms with Crippen LogP contribution >= 0.6 is 0 Å². The van der Waals surface area contributed by atoms with Crippen molar-refractivity contribution in [3.05, 3.63) is 70.8 Å². The van der Waals surface area contributed by atoms with Gasteiger partial charge in [-0.3, -0.25) is 0 Å². The number of hydrogen-bond donors (Lipinski definition) is 2. The third-order valence-corrected chi connectivity index (χ3v) is 6.18. The molecule has 0 atom stereocenters. The van der Waals surface area contributed by atoms with Gasteiger partial charge in [-0.15, -0.1) is 0 Å². The van der Waals surface area contributed by atoms with Crippen molar-refractivity contribution in [2.24, 2.45) is 0 Å². The van der Waals surface area contributed by atoms with Crippen LogP contribution in [0.25, 0.3) is 6.08 Å². The van der Waals surface area contributed by atoms with E-state index in [9.17, 15) is 13.2 Å². The quantitative estimate of drug-likeness (QED) is 0.622. The number of ether oxygens (including phenoxy) is 1. The van der Waals surface area contributed by atoms with E-state index in [4.69, 9.17) is 9.84 Å². The molecule has 0 heterocycles. The number of sulfonamides is 1. The van der Waals surface area contributed by atoms with Gasteiger partial charge in [0.15, 0.2) is 6.61 Å². The standard InChI is InChI=1S/C22H25NO5S/c24-21(25)16-28-22-19(11-10-18-8-4-5-9-20(18)22)12-14-23-29(26,27)15-13-17-6-2-1-3-7-17/h1-4,6-8,10-11,23H,5,9,12-16H2,(H,24,25). The zero-order valence-electron chi connectivity index (χ0n) is 16.1. The van der Waals surface area contributed by atoms with Gasteiger partial charge in [-0.2, -0.15) is 0 Å². The van der Waals surface area contributed by atoms with Crippen LogP contribution in [0.2, 0.25) is 0 Å². The summed E-state index contributed by atoms with van der Waals surface area (Å²) in [4.78, 5) is 11.0. The lowest BCUT2D eigenvalue weighted by molar-refractivity contribution is -0.139. The van der Waals surface area contributed by atoms with Gasteiger partial charge >= 0.3 is 5.97 Å². The molecule has 154 valence electrons. The monoisotopic (exact) mass is 415 g/mol. The second-order valence-corrected chi connectivity index (χ2v) is 8.87. The van der Waals surface area contributed by atoms with E-state index in [1.807, 2.05) is 48.5 Å². The number of fused-ring (bicyclic) bond motifs is 1. The van der Waals surface area contributed by atoms with E-state index in [0.29, 0.717) is 18.6 Å². The first kappa shape index (κ1) is 21.1. The van der Waals surface area contributed by atoms with Gasteiger partial charge in [0.1, 0.15) is 5.75 Å². The molecule has 1 aliphatic rings. The summed E-state index contributed by atoms with van der Waals surface area (Å²) in [7, 11) is -3.40. The lowest BCUT2D eigenvalue weighted by atomic mass is 9.93. The van der Waals surface area contributed by atoms with Crippen LogP contribution in [0.1, 0.15) is 28.7 Å². The lowest BCUT2D eigenvalue weighted by Crippen LogP contribution is -2.29. The Kier molecular flexibility index (Phi) is 7.06. The number of carboxylic acid groups (broad SMARTS) is 1. The Labute approximate surface area is 171 Å². The van der Waals surface area contributed by atoms with Crippen molar-refractivity contribution in [3.8, 4) is 5.75 Å². The highest BCUT2D eigenvalue weighted by atomic mass is 32.2. The Morgan fingerprint density at radius 2 is 1.90 bits per heavy atom. The highest BCUT2D eigenvalue weighted by molar-refractivity contribution is 7.89. The minimum absolute atomic E-state index is 0.0222. The molecule has 0 spiro atoms. The van der Waals surface area contributed by atoms with E-state index in [-0.39, 0.29) is 12.3 Å². The van der Waals surface area contributed by atoms with Crippen molar-refractivity contribution < 1.29 is 23.1 Å². The van der Waals surface area contributed by atoms with E-state index in [1.54, 1.807) is 0 Å². The summed E-state index contributed by atoms with van der Waals surface area (Å²) in [6.07, 6.45) is 6.60. The van der Waals surface area contributed by atoms with Crippen LogP contribution < -0.4 is 9.46 Å². The predicted molar refractivity (Wildman–Crippen MR) is 113 cm³/mol. The fraction of sp³-hybridized carbons (Fsp3) is 0.318. The Hall–Kier alpha value is -2.64. The van der Waals surface area contributed by atoms with Crippen LogP contribution in [0.5, 0.6) is 5.75 Å². The van der Waals surface area contributed by atoms with Gasteiger partial charge in [-0.1, -0.05) is 54.6 Å². The van der Waals surface area contributed by atoms with Crippen molar-refractivity contribution >= 4 is 22.1 Å². The smallest absolute Gasteiger partial charge is 0.341 e. The second-order valence-electron chi connectivity index (χ2n) is 6.94. The van der Waals surface area contributed by atoms with Crippen LogP contribution in [-0.4, -0.2) is 38.4 Å². The predicted octanol–water partition coefficient (Wildman–Crippen LogP) is 2.81. The molecule has 0 amide bonds. The van der Waals surface area contributed by atoms with Gasteiger partial charge < -0.3 is 9.84 Å². The fourth-order valence-electron chi connectivity index (χ4n) is 3.36. The number of carbonyl (C=O) groups is 1. The molecule has 6 nitrogen and oxygen atoms in total. The molecular weight excluding hydrogens is 390 g/mol. The summed E-state index contributed by atoms with van der Waals surface area (Å²) in [5.74, 6) is -0.451. The van der Waals surface area contributed by atoms with Crippen molar-refractivity contribution in [1.29, 1.82) is 0 Å². The number of carboxylic acids is 1. The van der Waals surface area contributed by atoms with E-state index in [0.717, 1.165) is 35.1 Å². The first-order valence-electron chi connectivity index (χ1n) is 9.62. The second kappa shape index (κ2) is 9.71. The Balaban J connectivity index is 1.63. The van der Waals surface area contributed by atoms with Gasteiger partial charge in [0.2, 0.25) is 10.0 Å². The average molecular weight is 416 g/mol. The summed E-state index contributed by atoms with van der Waals surface area (Å²) >= 11 is 0. The molecule has 29 heavy (non-hydrogen) atoms. The summed E-state index contributed by atoms with van der Waals surface area (Å²) < 4.78 is 32.8. The van der Waals surface area contributed by atoms with Crippen molar-refractivity contribution in [2.75, 3.05) is 18.9 Å². The molecule has 0 fully saturated rings. The number of nitrogens with one attached hydrogen (secondary N) is 1. The van der Waals surface area contributed by atoms with E-state index < -0.39 is 22.6 Å². The Bertz CT molecular complexity index is 984. The SMILES string of the molecule is O=C(O)COc1c(CCNS(=O)(=O)CCc2ccccc2)ccc2c1CCC=C2. The Morgan fingerprint density at radius 3 is 2.66 bits per heavy atom. The van der Waals surface area contributed by atoms with Gasteiger partial charge in [-0.05, 0) is 42.4 Å². The zero-order chi connectivity index (χ0) is 20.7. The summed E-state index contributed by atoms with van der Waals surface area (Å²) in [5, 5.41) is 8.97. The molecule has 7 heteroatoms. The molecule has 0 saturated heterocycles. The number of hydrogen-bond acceptors (Lipinski definition) is 4. The maximum Gasteiger partial charge on any atom is 0.341 e. The van der Waals surface area contributed by atoms with Crippen LogP contribution in [0, 0.1) is 0 Å². The van der Waals surface area contributed by atoms with Crippen LogP contribution in [0.4, 0.5) is 0 Å². The van der Waals surface area contributed by atoms with Gasteiger partial charge in [-0.25, -0.2) is 17.9 Å². The third kappa shape index (κ3) is 6.17. The van der Waals surface area contributed by atoms with Gasteiger partial charge in [0.25, 0.3) is 0 Å². The molecule has 0 unspecified atom stereocenters. The highest BCUT2D eigenvalue weighted by Crippen LogP contribution is 2.32. The molecule has 2 N–H and O–H groups in total. The van der Waals surface area contributed by atoms with Gasteiger partial charge in [0.05, 0.1) is 5.75 Å². The number of allylic oxidation sites excluding steroid dienone is 1. The first-order valence-corrected chi connectivity index (χ1v) is 11.3. The normalized spacial score (nSPS) is 13.1. The molecule has 1 aliphatic carbocycles. The molecule has 0 aliphatic heterocycles. The molecule has 0 bridgehead atoms.